The zero-order chi connectivity index (χ0) is 21.8. The lowest BCUT2D eigenvalue weighted by molar-refractivity contribution is 1.23. The third-order valence-corrected chi connectivity index (χ3v) is 8.15. The van der Waals surface area contributed by atoms with Gasteiger partial charge < -0.3 is 0 Å². The standard InChI is InChI=1S/C33H24/c1-18-3-5-28-22(7-18)11-24-9-21-15-32-25(10-20(21)14-30(24)28)13-27-16-31-26(17-33(27)32)12-23-8-19(2)4-6-29(23)31/h3-10,14-17H,11-13H2,1-2H3. The predicted molar refractivity (Wildman–Crippen MR) is 138 cm³/mol. The van der Waals surface area contributed by atoms with Gasteiger partial charge in [0.15, 0.2) is 0 Å². The highest BCUT2D eigenvalue weighted by molar-refractivity contribution is 5.97. The van der Waals surface area contributed by atoms with Crippen LogP contribution < -0.4 is 0 Å². The van der Waals surface area contributed by atoms with Crippen LogP contribution in [0.1, 0.15) is 44.5 Å². The van der Waals surface area contributed by atoms with Gasteiger partial charge in [-0.3, -0.25) is 0 Å². The molecule has 0 atom stereocenters. The first-order valence-electron chi connectivity index (χ1n) is 12.1. The molecule has 5 aromatic carbocycles. The third kappa shape index (κ3) is 2.41. The van der Waals surface area contributed by atoms with E-state index in [0.29, 0.717) is 0 Å². The Hall–Kier alpha value is -3.64. The molecule has 33 heavy (non-hydrogen) atoms. The fourth-order valence-electron chi connectivity index (χ4n) is 6.60. The van der Waals surface area contributed by atoms with Gasteiger partial charge in [-0.05, 0) is 135 Å². The topological polar surface area (TPSA) is 0 Å². The molecule has 156 valence electrons. The molecule has 0 heterocycles. The van der Waals surface area contributed by atoms with Crippen molar-refractivity contribution in [3.63, 3.8) is 0 Å². The minimum absolute atomic E-state index is 1.04. The van der Waals surface area contributed by atoms with Crippen molar-refractivity contribution in [2.75, 3.05) is 0 Å². The van der Waals surface area contributed by atoms with Crippen molar-refractivity contribution in [3.05, 3.63) is 117 Å². The fourth-order valence-corrected chi connectivity index (χ4v) is 6.60. The summed E-state index contributed by atoms with van der Waals surface area (Å²) in [5.74, 6) is 0. The van der Waals surface area contributed by atoms with Crippen LogP contribution in [0.15, 0.2) is 72.8 Å². The normalized spacial score (nSPS) is 14.0. The summed E-state index contributed by atoms with van der Waals surface area (Å²) in [5.41, 5.74) is 20.2. The molecule has 5 aromatic rings. The first-order chi connectivity index (χ1) is 16.1. The number of hydrogen-bond acceptors (Lipinski definition) is 0. The number of aryl methyl sites for hydroxylation is 2. The summed E-state index contributed by atoms with van der Waals surface area (Å²) in [6.07, 6.45) is 3.16. The maximum Gasteiger partial charge on any atom is -0.00130 e. The Bertz CT molecular complexity index is 1700. The van der Waals surface area contributed by atoms with Crippen LogP contribution in [0.3, 0.4) is 0 Å². The van der Waals surface area contributed by atoms with Crippen LogP contribution in [-0.2, 0) is 19.3 Å². The van der Waals surface area contributed by atoms with Gasteiger partial charge in [0.2, 0.25) is 0 Å². The van der Waals surface area contributed by atoms with E-state index in [1.54, 1.807) is 0 Å². The summed E-state index contributed by atoms with van der Waals surface area (Å²) in [6.45, 7) is 4.39. The Kier molecular flexibility index (Phi) is 3.26. The zero-order valence-electron chi connectivity index (χ0n) is 19.0. The van der Waals surface area contributed by atoms with Crippen molar-refractivity contribution in [2.24, 2.45) is 0 Å². The lowest BCUT2D eigenvalue weighted by Gasteiger charge is -2.09. The van der Waals surface area contributed by atoms with Gasteiger partial charge in [0.25, 0.3) is 0 Å². The van der Waals surface area contributed by atoms with Gasteiger partial charge in [-0.2, -0.15) is 0 Å². The second-order valence-corrected chi connectivity index (χ2v) is 10.4. The Labute approximate surface area is 194 Å². The van der Waals surface area contributed by atoms with Crippen molar-refractivity contribution < 1.29 is 0 Å². The Balaban J connectivity index is 1.27. The van der Waals surface area contributed by atoms with Gasteiger partial charge >= 0.3 is 0 Å². The van der Waals surface area contributed by atoms with E-state index in [4.69, 9.17) is 0 Å². The molecular formula is C33H24. The van der Waals surface area contributed by atoms with Crippen LogP contribution in [-0.4, -0.2) is 0 Å². The van der Waals surface area contributed by atoms with Gasteiger partial charge in [0, 0.05) is 0 Å². The summed E-state index contributed by atoms with van der Waals surface area (Å²) in [6, 6.07) is 28.6. The second-order valence-electron chi connectivity index (χ2n) is 10.4. The van der Waals surface area contributed by atoms with E-state index in [1.807, 2.05) is 0 Å². The number of benzene rings is 5. The average Bonchev–Trinajstić information content (AvgIpc) is 3.43. The molecule has 0 saturated heterocycles. The smallest absolute Gasteiger partial charge is 0.00130 e. The van der Waals surface area contributed by atoms with E-state index in [9.17, 15) is 0 Å². The highest BCUT2D eigenvalue weighted by Gasteiger charge is 2.26. The molecule has 0 amide bonds. The third-order valence-electron chi connectivity index (χ3n) is 8.15. The molecular weight excluding hydrogens is 396 g/mol. The van der Waals surface area contributed by atoms with Gasteiger partial charge in [-0.15, -0.1) is 0 Å². The minimum Gasteiger partial charge on any atom is -0.0587 e. The molecule has 3 aliphatic rings. The van der Waals surface area contributed by atoms with E-state index in [1.165, 1.54) is 88.7 Å². The van der Waals surface area contributed by atoms with E-state index in [2.05, 4.69) is 86.6 Å². The molecule has 0 bridgehead atoms. The van der Waals surface area contributed by atoms with Gasteiger partial charge in [-0.1, -0.05) is 59.7 Å². The van der Waals surface area contributed by atoms with Crippen LogP contribution in [0.5, 0.6) is 0 Å². The van der Waals surface area contributed by atoms with Gasteiger partial charge in [0.1, 0.15) is 0 Å². The van der Waals surface area contributed by atoms with Crippen LogP contribution >= 0.6 is 0 Å². The summed E-state index contributed by atoms with van der Waals surface area (Å²) in [5, 5.41) is 2.76. The first kappa shape index (κ1) is 17.9. The molecule has 0 fully saturated rings. The van der Waals surface area contributed by atoms with Crippen LogP contribution in [0.4, 0.5) is 0 Å². The fraction of sp³-hybridized carbons (Fsp3) is 0.152. The molecule has 0 radical (unpaired) electrons. The summed E-state index contributed by atoms with van der Waals surface area (Å²) in [4.78, 5) is 0. The van der Waals surface area contributed by atoms with E-state index < -0.39 is 0 Å². The summed E-state index contributed by atoms with van der Waals surface area (Å²) in [7, 11) is 0. The minimum atomic E-state index is 1.04. The summed E-state index contributed by atoms with van der Waals surface area (Å²) < 4.78 is 0. The van der Waals surface area contributed by atoms with Crippen LogP contribution in [0.2, 0.25) is 0 Å². The molecule has 0 saturated carbocycles. The predicted octanol–water partition coefficient (Wildman–Crippen LogP) is 8.17. The largest absolute Gasteiger partial charge is 0.0587 e. The maximum atomic E-state index is 2.49. The molecule has 0 aliphatic heterocycles. The molecule has 0 spiro atoms. The Morgan fingerprint density at radius 2 is 0.727 bits per heavy atom. The molecule has 0 aromatic heterocycles. The Morgan fingerprint density at radius 3 is 1.24 bits per heavy atom. The number of rotatable bonds is 0. The quantitative estimate of drug-likeness (QED) is 0.232. The number of fused-ring (bicyclic) bond motifs is 10. The van der Waals surface area contributed by atoms with Gasteiger partial charge in [0.05, 0.1) is 0 Å². The lowest BCUT2D eigenvalue weighted by Crippen LogP contribution is -1.86. The van der Waals surface area contributed by atoms with Crippen molar-refractivity contribution in [1.82, 2.24) is 0 Å². The molecule has 8 rings (SSSR count). The number of hydrogen-bond donors (Lipinski definition) is 0. The monoisotopic (exact) mass is 420 g/mol. The first-order valence-corrected chi connectivity index (χ1v) is 12.1. The average molecular weight is 421 g/mol. The molecule has 3 aliphatic carbocycles. The lowest BCUT2D eigenvalue weighted by atomic mass is 9.95. The van der Waals surface area contributed by atoms with E-state index in [-0.39, 0.29) is 0 Å². The van der Waals surface area contributed by atoms with Crippen molar-refractivity contribution in [1.29, 1.82) is 0 Å². The molecule has 0 nitrogen and oxygen atoms in total. The molecule has 0 heteroatoms. The van der Waals surface area contributed by atoms with Crippen molar-refractivity contribution in [2.45, 2.75) is 33.1 Å². The second kappa shape index (κ2) is 6.02. The Morgan fingerprint density at radius 1 is 0.364 bits per heavy atom. The maximum absolute atomic E-state index is 2.49. The zero-order valence-corrected chi connectivity index (χ0v) is 19.0. The highest BCUT2D eigenvalue weighted by atomic mass is 14.3. The van der Waals surface area contributed by atoms with Crippen LogP contribution in [0, 0.1) is 13.8 Å². The molecule has 0 unspecified atom stereocenters. The highest BCUT2D eigenvalue weighted by Crippen LogP contribution is 2.47. The molecule has 0 N–H and O–H groups in total. The van der Waals surface area contributed by atoms with Crippen molar-refractivity contribution in [3.8, 4) is 33.4 Å². The van der Waals surface area contributed by atoms with E-state index >= 15 is 0 Å². The van der Waals surface area contributed by atoms with Gasteiger partial charge in [-0.25, -0.2) is 0 Å². The SMILES string of the molecule is Cc1ccc2c(c1)Cc1cc3c(cc1-2)Cc1cc2cc4c(cc2cc1-3)Cc1cc(C)ccc1-4. The van der Waals surface area contributed by atoms with Crippen LogP contribution in [0.25, 0.3) is 44.2 Å². The summed E-state index contributed by atoms with van der Waals surface area (Å²) >= 11 is 0. The van der Waals surface area contributed by atoms with Crippen molar-refractivity contribution >= 4 is 10.8 Å². The van der Waals surface area contributed by atoms with E-state index in [0.717, 1.165) is 19.3 Å².